The first kappa shape index (κ1) is 14.1. The van der Waals surface area contributed by atoms with Crippen molar-refractivity contribution in [3.8, 4) is 5.75 Å². The van der Waals surface area contributed by atoms with Crippen molar-refractivity contribution in [3.63, 3.8) is 0 Å². The molecule has 0 amide bonds. The second kappa shape index (κ2) is 6.23. The normalized spacial score (nSPS) is 10.7. The van der Waals surface area contributed by atoms with Crippen LogP contribution in [0, 0.1) is 0 Å². The van der Waals surface area contributed by atoms with Crippen LogP contribution in [-0.4, -0.2) is 29.0 Å². The van der Waals surface area contributed by atoms with E-state index in [1.54, 1.807) is 13.3 Å². The van der Waals surface area contributed by atoms with Gasteiger partial charge in [-0.2, -0.15) is 0 Å². The van der Waals surface area contributed by atoms with E-state index in [1.165, 1.54) is 0 Å². The monoisotopic (exact) mass is 275 g/mol. The van der Waals surface area contributed by atoms with Crippen LogP contribution in [0.4, 0.5) is 0 Å². The maximum atomic E-state index is 12.2. The largest absolute Gasteiger partial charge is 0.496 e. The van der Waals surface area contributed by atoms with Gasteiger partial charge in [0.25, 0.3) is 0 Å². The Morgan fingerprint density at radius 2 is 2.00 bits per heavy atom. The molecule has 1 aromatic carbocycles. The summed E-state index contributed by atoms with van der Waals surface area (Å²) >= 11 is 0. The van der Waals surface area contributed by atoms with Gasteiger partial charge < -0.3 is 14.8 Å². The highest BCUT2D eigenvalue weighted by molar-refractivity contribution is 6.09. The second-order valence-corrected chi connectivity index (χ2v) is 4.61. The van der Waals surface area contributed by atoms with E-state index >= 15 is 0 Å². The Morgan fingerprint density at radius 1 is 1.25 bits per heavy atom. The van der Waals surface area contributed by atoms with E-state index < -0.39 is 5.97 Å². The lowest BCUT2D eigenvalue weighted by molar-refractivity contribution is -0.137. The third-order valence-corrected chi connectivity index (χ3v) is 3.23. The van der Waals surface area contributed by atoms with Crippen molar-refractivity contribution in [2.45, 2.75) is 25.7 Å². The lowest BCUT2D eigenvalue weighted by Gasteiger charge is -2.04. The van der Waals surface area contributed by atoms with Crippen LogP contribution < -0.4 is 4.74 Å². The highest BCUT2D eigenvalue weighted by Crippen LogP contribution is 2.29. The number of ether oxygens (including phenoxy) is 1. The topological polar surface area (TPSA) is 79.4 Å². The molecule has 20 heavy (non-hydrogen) atoms. The number of fused-ring (bicyclic) bond motifs is 1. The van der Waals surface area contributed by atoms with E-state index in [9.17, 15) is 9.59 Å². The number of hydrogen-bond donors (Lipinski definition) is 2. The molecule has 0 aliphatic carbocycles. The van der Waals surface area contributed by atoms with Crippen LogP contribution in [0.3, 0.4) is 0 Å². The third kappa shape index (κ3) is 2.99. The molecule has 0 unspecified atom stereocenters. The van der Waals surface area contributed by atoms with Crippen LogP contribution in [0.5, 0.6) is 5.75 Å². The number of carbonyl (C=O) groups is 2. The molecule has 0 radical (unpaired) electrons. The summed E-state index contributed by atoms with van der Waals surface area (Å²) in [5, 5.41) is 9.36. The quantitative estimate of drug-likeness (QED) is 0.601. The van der Waals surface area contributed by atoms with Gasteiger partial charge in [-0.05, 0) is 25.0 Å². The number of carboxylic acid groups (broad SMARTS) is 1. The number of aliphatic carboxylic acids is 1. The van der Waals surface area contributed by atoms with Crippen molar-refractivity contribution in [2.24, 2.45) is 0 Å². The first-order chi connectivity index (χ1) is 9.63. The van der Waals surface area contributed by atoms with E-state index in [-0.39, 0.29) is 12.2 Å². The standard InChI is InChI=1S/C15H17NO4/c1-20-13-7-4-5-11-15(13)10(9-16-11)12(17)6-2-3-8-14(18)19/h4-5,7,9,16H,2-3,6,8H2,1H3,(H,18,19). The Labute approximate surface area is 116 Å². The number of aromatic amines is 1. The Hall–Kier alpha value is -2.30. The molecule has 0 spiro atoms. The molecule has 1 aromatic heterocycles. The lowest BCUT2D eigenvalue weighted by atomic mass is 10.0. The number of aromatic nitrogens is 1. The van der Waals surface area contributed by atoms with Crippen LogP contribution in [0.2, 0.25) is 0 Å². The van der Waals surface area contributed by atoms with Crippen molar-refractivity contribution in [1.29, 1.82) is 0 Å². The average molecular weight is 275 g/mol. The number of methoxy groups -OCH3 is 1. The summed E-state index contributed by atoms with van der Waals surface area (Å²) in [7, 11) is 1.57. The lowest BCUT2D eigenvalue weighted by Crippen LogP contribution is -2.00. The molecule has 0 atom stereocenters. The van der Waals surface area contributed by atoms with Crippen LogP contribution in [0.1, 0.15) is 36.0 Å². The molecule has 0 bridgehead atoms. The number of unbranched alkanes of at least 4 members (excludes halogenated alkanes) is 1. The number of carboxylic acids is 1. The van der Waals surface area contributed by atoms with Crippen LogP contribution in [0.15, 0.2) is 24.4 Å². The predicted molar refractivity (Wildman–Crippen MR) is 75.3 cm³/mol. The number of H-pyrrole nitrogens is 1. The number of benzene rings is 1. The molecule has 0 aliphatic heterocycles. The van der Waals surface area contributed by atoms with Gasteiger partial charge in [-0.1, -0.05) is 6.07 Å². The summed E-state index contributed by atoms with van der Waals surface area (Å²) in [6, 6.07) is 5.56. The average Bonchev–Trinajstić information content (AvgIpc) is 2.87. The van der Waals surface area contributed by atoms with Gasteiger partial charge in [0.15, 0.2) is 5.78 Å². The van der Waals surface area contributed by atoms with Gasteiger partial charge in [0, 0.05) is 30.1 Å². The number of Topliss-reactive ketones (excluding diaryl/α,β-unsaturated/α-hetero) is 1. The van der Waals surface area contributed by atoms with Gasteiger partial charge in [-0.3, -0.25) is 9.59 Å². The second-order valence-electron chi connectivity index (χ2n) is 4.61. The number of rotatable bonds is 7. The number of nitrogens with one attached hydrogen (secondary N) is 1. The maximum absolute atomic E-state index is 12.2. The van der Waals surface area contributed by atoms with Gasteiger partial charge in [-0.15, -0.1) is 0 Å². The van der Waals surface area contributed by atoms with Gasteiger partial charge in [0.05, 0.1) is 12.5 Å². The van der Waals surface area contributed by atoms with E-state index in [2.05, 4.69) is 4.98 Å². The predicted octanol–water partition coefficient (Wildman–Crippen LogP) is 3.00. The third-order valence-electron chi connectivity index (χ3n) is 3.23. The Balaban J connectivity index is 2.12. The smallest absolute Gasteiger partial charge is 0.303 e. The zero-order chi connectivity index (χ0) is 14.5. The fourth-order valence-corrected chi connectivity index (χ4v) is 2.24. The summed E-state index contributed by atoms with van der Waals surface area (Å²) < 4.78 is 5.28. The SMILES string of the molecule is COc1cccc2[nH]cc(C(=O)CCCCC(=O)O)c12. The molecular weight excluding hydrogens is 258 g/mol. The Bertz CT molecular complexity index is 630. The molecule has 1 heterocycles. The van der Waals surface area contributed by atoms with E-state index in [1.807, 2.05) is 18.2 Å². The molecule has 106 valence electrons. The molecule has 2 aromatic rings. The van der Waals surface area contributed by atoms with E-state index in [0.717, 1.165) is 10.9 Å². The van der Waals surface area contributed by atoms with Gasteiger partial charge in [0.1, 0.15) is 5.75 Å². The first-order valence-electron chi connectivity index (χ1n) is 6.52. The summed E-state index contributed by atoms with van der Waals surface area (Å²) in [4.78, 5) is 25.7. The highest BCUT2D eigenvalue weighted by Gasteiger charge is 2.15. The summed E-state index contributed by atoms with van der Waals surface area (Å²) in [5.41, 5.74) is 1.46. The number of hydrogen-bond acceptors (Lipinski definition) is 3. The Kier molecular flexibility index (Phi) is 4.40. The molecule has 0 aliphatic rings. The van der Waals surface area contributed by atoms with Crippen molar-refractivity contribution in [3.05, 3.63) is 30.0 Å². The summed E-state index contributed by atoms with van der Waals surface area (Å²) in [6.07, 6.45) is 3.23. The molecule has 0 saturated carbocycles. The first-order valence-corrected chi connectivity index (χ1v) is 6.52. The highest BCUT2D eigenvalue weighted by atomic mass is 16.5. The van der Waals surface area contributed by atoms with E-state index in [4.69, 9.17) is 9.84 Å². The number of carbonyl (C=O) groups excluding carboxylic acids is 1. The van der Waals surface area contributed by atoms with Crippen molar-refractivity contribution >= 4 is 22.7 Å². The minimum Gasteiger partial charge on any atom is -0.496 e. The van der Waals surface area contributed by atoms with Crippen LogP contribution in [-0.2, 0) is 4.79 Å². The number of ketones is 1. The van der Waals surface area contributed by atoms with Gasteiger partial charge >= 0.3 is 5.97 Å². The molecule has 0 fully saturated rings. The van der Waals surface area contributed by atoms with E-state index in [0.29, 0.717) is 30.6 Å². The fraction of sp³-hybridized carbons (Fsp3) is 0.333. The maximum Gasteiger partial charge on any atom is 0.303 e. The van der Waals surface area contributed by atoms with Gasteiger partial charge in [-0.25, -0.2) is 0 Å². The van der Waals surface area contributed by atoms with Crippen LogP contribution >= 0.6 is 0 Å². The van der Waals surface area contributed by atoms with Gasteiger partial charge in [0.2, 0.25) is 0 Å². The molecule has 2 rings (SSSR count). The molecule has 2 N–H and O–H groups in total. The van der Waals surface area contributed by atoms with Crippen molar-refractivity contribution < 1.29 is 19.4 Å². The van der Waals surface area contributed by atoms with Crippen molar-refractivity contribution in [2.75, 3.05) is 7.11 Å². The zero-order valence-electron chi connectivity index (χ0n) is 11.3. The van der Waals surface area contributed by atoms with Crippen molar-refractivity contribution in [1.82, 2.24) is 4.98 Å². The van der Waals surface area contributed by atoms with Crippen LogP contribution in [0.25, 0.3) is 10.9 Å². The minimum absolute atomic E-state index is 0.00568. The molecule has 0 saturated heterocycles. The fourth-order valence-electron chi connectivity index (χ4n) is 2.24. The Morgan fingerprint density at radius 3 is 2.70 bits per heavy atom. The minimum atomic E-state index is -0.828. The zero-order valence-corrected chi connectivity index (χ0v) is 11.3. The molecule has 5 heteroatoms. The summed E-state index contributed by atoms with van der Waals surface area (Å²) in [5.74, 6) is -0.157. The molecular formula is C15H17NO4. The summed E-state index contributed by atoms with van der Waals surface area (Å²) in [6.45, 7) is 0. The molecule has 5 nitrogen and oxygen atoms in total.